The van der Waals surface area contributed by atoms with Gasteiger partial charge in [0.05, 0.1) is 5.69 Å². The summed E-state index contributed by atoms with van der Waals surface area (Å²) >= 11 is 0. The van der Waals surface area contributed by atoms with Crippen molar-refractivity contribution in [3.05, 3.63) is 37.4 Å². The Hall–Kier alpha value is -2.15. The molecule has 2 aromatic rings. The molecule has 7 heteroatoms. The van der Waals surface area contributed by atoms with Gasteiger partial charge < -0.3 is 15.5 Å². The highest BCUT2D eigenvalue weighted by Crippen LogP contribution is 2.18. The fourth-order valence-corrected chi connectivity index (χ4v) is 2.38. The highest BCUT2D eigenvalue weighted by molar-refractivity contribution is 5.74. The fraction of sp³-hybridized carbons (Fsp3) is 0.533. The maximum Gasteiger partial charge on any atom is 0.253 e. The van der Waals surface area contributed by atoms with Gasteiger partial charge in [-0.1, -0.05) is 0 Å². The van der Waals surface area contributed by atoms with Gasteiger partial charge >= 0.3 is 0 Å². The molecule has 0 aliphatic carbocycles. The average Bonchev–Trinajstić information content (AvgIpc) is 2.70. The van der Waals surface area contributed by atoms with Crippen molar-refractivity contribution in [2.45, 2.75) is 20.4 Å². The Bertz CT molecular complexity index is 738. The van der Waals surface area contributed by atoms with Gasteiger partial charge in [0.1, 0.15) is 11.4 Å². The monoisotopic (exact) mass is 305 g/mol. The minimum atomic E-state index is -0.452. The molecule has 120 valence electrons. The second-order valence-electron chi connectivity index (χ2n) is 5.76. The van der Waals surface area contributed by atoms with Crippen LogP contribution in [0.25, 0.3) is 0 Å². The van der Waals surface area contributed by atoms with Gasteiger partial charge in [-0.15, -0.1) is 0 Å². The highest BCUT2D eigenvalue weighted by atomic mass is 16.2. The summed E-state index contributed by atoms with van der Waals surface area (Å²) in [6.07, 6.45) is 0. The highest BCUT2D eigenvalue weighted by Gasteiger charge is 2.21. The molecule has 0 unspecified atom stereocenters. The Kier molecular flexibility index (Phi) is 4.65. The van der Waals surface area contributed by atoms with Crippen molar-refractivity contribution in [2.75, 3.05) is 37.8 Å². The number of aromatic nitrogens is 2. The van der Waals surface area contributed by atoms with E-state index in [0.717, 1.165) is 23.5 Å². The molecule has 1 aromatic carbocycles. The van der Waals surface area contributed by atoms with Crippen molar-refractivity contribution in [1.29, 1.82) is 0 Å². The Labute approximate surface area is 129 Å². The van der Waals surface area contributed by atoms with Crippen LogP contribution in [0.5, 0.6) is 0 Å². The summed E-state index contributed by atoms with van der Waals surface area (Å²) in [5, 5.41) is 10.5. The first kappa shape index (κ1) is 16.2. The summed E-state index contributed by atoms with van der Waals surface area (Å²) in [7, 11) is 5.80. The van der Waals surface area contributed by atoms with Gasteiger partial charge in [-0.2, -0.15) is 5.10 Å². The SMILES string of the molecule is Cc1nn(C)c(C)c1CNc1c(NCCN(C)C)c(=O)c1=O. The molecule has 0 bridgehead atoms. The van der Waals surface area contributed by atoms with Gasteiger partial charge in [-0.25, -0.2) is 0 Å². The summed E-state index contributed by atoms with van der Waals surface area (Å²) in [4.78, 5) is 25.4. The van der Waals surface area contributed by atoms with Gasteiger partial charge in [-0.3, -0.25) is 14.3 Å². The maximum absolute atomic E-state index is 11.7. The molecule has 0 saturated carbocycles. The zero-order chi connectivity index (χ0) is 16.4. The standard InChI is InChI=1S/C15H23N5O2/c1-9-11(10(2)20(5)18-9)8-17-13-12(14(21)15(13)22)16-6-7-19(3)4/h16-17H,6-8H2,1-5H3. The topological polar surface area (TPSA) is 79.3 Å². The largest absolute Gasteiger partial charge is 0.379 e. The predicted octanol–water partition coefficient (Wildman–Crippen LogP) is 0.219. The Morgan fingerprint density at radius 1 is 1.09 bits per heavy atom. The lowest BCUT2D eigenvalue weighted by Crippen LogP contribution is -2.38. The fourth-order valence-electron chi connectivity index (χ4n) is 2.38. The van der Waals surface area contributed by atoms with E-state index in [2.05, 4.69) is 15.7 Å². The van der Waals surface area contributed by atoms with Crippen molar-refractivity contribution in [3.8, 4) is 0 Å². The van der Waals surface area contributed by atoms with Crippen LogP contribution in [0.15, 0.2) is 9.59 Å². The van der Waals surface area contributed by atoms with Gasteiger partial charge in [0.15, 0.2) is 0 Å². The molecule has 0 radical (unpaired) electrons. The third-order valence-corrected chi connectivity index (χ3v) is 3.87. The molecule has 0 amide bonds. The Morgan fingerprint density at radius 3 is 2.18 bits per heavy atom. The summed E-state index contributed by atoms with van der Waals surface area (Å²) < 4.78 is 1.81. The van der Waals surface area contributed by atoms with E-state index in [0.29, 0.717) is 24.5 Å². The minimum Gasteiger partial charge on any atom is -0.379 e. The Morgan fingerprint density at radius 2 is 1.68 bits per heavy atom. The van der Waals surface area contributed by atoms with Crippen LogP contribution < -0.4 is 21.5 Å². The van der Waals surface area contributed by atoms with Crippen molar-refractivity contribution < 1.29 is 0 Å². The smallest absolute Gasteiger partial charge is 0.253 e. The van der Waals surface area contributed by atoms with Crippen LogP contribution in [0.2, 0.25) is 0 Å². The summed E-state index contributed by atoms with van der Waals surface area (Å²) in [6, 6.07) is 0. The summed E-state index contributed by atoms with van der Waals surface area (Å²) in [5.41, 5.74) is 2.90. The first-order valence-electron chi connectivity index (χ1n) is 7.27. The lowest BCUT2D eigenvalue weighted by molar-refractivity contribution is 0.425. The molecule has 2 N–H and O–H groups in total. The van der Waals surface area contributed by atoms with Crippen LogP contribution in [-0.2, 0) is 13.6 Å². The van der Waals surface area contributed by atoms with E-state index in [1.807, 2.05) is 44.6 Å². The lowest BCUT2D eigenvalue weighted by atomic mass is 10.1. The molecule has 0 saturated heterocycles. The van der Waals surface area contributed by atoms with Crippen molar-refractivity contribution in [2.24, 2.45) is 7.05 Å². The van der Waals surface area contributed by atoms with Gasteiger partial charge in [0.2, 0.25) is 0 Å². The second kappa shape index (κ2) is 6.31. The zero-order valence-electron chi connectivity index (χ0n) is 13.8. The zero-order valence-corrected chi connectivity index (χ0v) is 13.8. The molecule has 2 rings (SSSR count). The van der Waals surface area contributed by atoms with Gasteiger partial charge in [0, 0.05) is 37.9 Å². The molecule has 7 nitrogen and oxygen atoms in total. The van der Waals surface area contributed by atoms with E-state index in [1.54, 1.807) is 0 Å². The molecular formula is C15H23N5O2. The number of hydrogen-bond donors (Lipinski definition) is 2. The maximum atomic E-state index is 11.7. The van der Waals surface area contributed by atoms with Crippen LogP contribution in [0.1, 0.15) is 17.0 Å². The third-order valence-electron chi connectivity index (χ3n) is 3.87. The van der Waals surface area contributed by atoms with E-state index in [9.17, 15) is 9.59 Å². The molecule has 0 fully saturated rings. The molecule has 0 atom stereocenters. The third kappa shape index (κ3) is 3.04. The molecule has 1 heterocycles. The van der Waals surface area contributed by atoms with Crippen molar-refractivity contribution in [1.82, 2.24) is 14.7 Å². The van der Waals surface area contributed by atoms with Crippen LogP contribution in [0.3, 0.4) is 0 Å². The lowest BCUT2D eigenvalue weighted by Gasteiger charge is -2.16. The van der Waals surface area contributed by atoms with Crippen molar-refractivity contribution >= 4 is 11.4 Å². The molecule has 0 aliphatic heterocycles. The van der Waals surface area contributed by atoms with E-state index in [-0.39, 0.29) is 0 Å². The van der Waals surface area contributed by atoms with Gasteiger partial charge in [0.25, 0.3) is 10.9 Å². The number of anilines is 2. The molecule has 1 aromatic heterocycles. The molecular weight excluding hydrogens is 282 g/mol. The summed E-state index contributed by atoms with van der Waals surface area (Å²) in [5.74, 6) is 0. The first-order chi connectivity index (χ1) is 10.3. The number of nitrogens with zero attached hydrogens (tertiary/aromatic N) is 3. The van der Waals surface area contributed by atoms with Gasteiger partial charge in [-0.05, 0) is 27.9 Å². The predicted molar refractivity (Wildman–Crippen MR) is 88.4 cm³/mol. The molecule has 0 aliphatic rings. The number of nitrogens with one attached hydrogen (secondary N) is 2. The number of rotatable bonds is 7. The normalized spacial score (nSPS) is 11.4. The number of likely N-dealkylation sites (N-methyl/N-ethyl adjacent to an activating group) is 1. The van der Waals surface area contributed by atoms with E-state index in [1.165, 1.54) is 0 Å². The van der Waals surface area contributed by atoms with Crippen LogP contribution in [0.4, 0.5) is 11.4 Å². The van der Waals surface area contributed by atoms with Crippen LogP contribution >= 0.6 is 0 Å². The number of hydrogen-bond acceptors (Lipinski definition) is 6. The van der Waals surface area contributed by atoms with E-state index >= 15 is 0 Å². The van der Waals surface area contributed by atoms with E-state index < -0.39 is 10.9 Å². The van der Waals surface area contributed by atoms with Crippen molar-refractivity contribution in [3.63, 3.8) is 0 Å². The quantitative estimate of drug-likeness (QED) is 0.712. The molecule has 22 heavy (non-hydrogen) atoms. The van der Waals surface area contributed by atoms with Crippen LogP contribution in [-0.4, -0.2) is 41.9 Å². The van der Waals surface area contributed by atoms with Crippen LogP contribution in [0, 0.1) is 13.8 Å². The van der Waals surface area contributed by atoms with E-state index in [4.69, 9.17) is 0 Å². The first-order valence-corrected chi connectivity index (χ1v) is 7.27. The minimum absolute atomic E-state index is 0.381. The number of aryl methyl sites for hydroxylation is 2. The second-order valence-corrected chi connectivity index (χ2v) is 5.76. The molecule has 0 spiro atoms. The average molecular weight is 305 g/mol. The Balaban J connectivity index is 2.06. The summed E-state index contributed by atoms with van der Waals surface area (Å²) in [6.45, 7) is 5.81.